The fraction of sp³-hybridized carbons (Fsp3) is 0.0625. The zero-order valence-electron chi connectivity index (χ0n) is 11.5. The molecule has 3 rings (SSSR count). The molecule has 3 aromatic rings. The topological polar surface area (TPSA) is 68.0 Å². The maximum atomic E-state index is 12.0. The molecule has 1 aromatic carbocycles. The number of nitrogens with one attached hydrogen (secondary N) is 1. The third kappa shape index (κ3) is 3.15. The van der Waals surface area contributed by atoms with Crippen LogP contribution in [0.5, 0.6) is 0 Å². The first kappa shape index (κ1) is 14.3. The van der Waals surface area contributed by atoms with E-state index in [9.17, 15) is 4.79 Å². The normalized spacial score (nSPS) is 10.4. The Balaban J connectivity index is 1.67. The first-order valence-electron chi connectivity index (χ1n) is 6.64. The number of pyridine rings is 1. The van der Waals surface area contributed by atoms with Gasteiger partial charge in [0, 0.05) is 17.8 Å². The summed E-state index contributed by atoms with van der Waals surface area (Å²) in [6.07, 6.45) is 1.53. The summed E-state index contributed by atoms with van der Waals surface area (Å²) >= 11 is 5.88. The van der Waals surface area contributed by atoms with E-state index in [1.165, 1.54) is 6.20 Å². The number of nitrogens with zero attached hydrogens (tertiary/aromatic N) is 2. The minimum absolute atomic E-state index is 0.169. The van der Waals surface area contributed by atoms with Crippen LogP contribution in [0.1, 0.15) is 16.1 Å². The minimum atomic E-state index is -0.309. The average Bonchev–Trinajstić information content (AvgIpc) is 3.03. The molecule has 2 aromatic heterocycles. The van der Waals surface area contributed by atoms with Gasteiger partial charge < -0.3 is 9.84 Å². The summed E-state index contributed by atoms with van der Waals surface area (Å²) in [6, 6.07) is 14.7. The average molecular weight is 314 g/mol. The molecule has 0 atom stereocenters. The van der Waals surface area contributed by atoms with Crippen molar-refractivity contribution in [2.24, 2.45) is 0 Å². The summed E-state index contributed by atoms with van der Waals surface area (Å²) in [5.74, 6) is 0.253. The van der Waals surface area contributed by atoms with E-state index in [-0.39, 0.29) is 17.6 Å². The fourth-order valence-corrected chi connectivity index (χ4v) is 2.16. The Morgan fingerprint density at radius 2 is 2.00 bits per heavy atom. The molecule has 5 nitrogen and oxygen atoms in total. The minimum Gasteiger partial charge on any atom is -0.359 e. The van der Waals surface area contributed by atoms with Gasteiger partial charge in [-0.1, -0.05) is 47.1 Å². The SMILES string of the molecule is O=C(NCc1cc(-c2ccccc2)no1)c1cccnc1Cl. The number of halogens is 1. The van der Waals surface area contributed by atoms with Gasteiger partial charge in [0.05, 0.1) is 12.1 Å². The molecule has 6 heteroatoms. The third-order valence-electron chi connectivity index (χ3n) is 3.06. The number of amides is 1. The number of rotatable bonds is 4. The van der Waals surface area contributed by atoms with Crippen molar-refractivity contribution in [2.75, 3.05) is 0 Å². The van der Waals surface area contributed by atoms with Crippen molar-refractivity contribution in [2.45, 2.75) is 6.54 Å². The van der Waals surface area contributed by atoms with Gasteiger partial charge in [0.25, 0.3) is 5.91 Å². The lowest BCUT2D eigenvalue weighted by atomic mass is 10.1. The number of aromatic nitrogens is 2. The van der Waals surface area contributed by atoms with Crippen molar-refractivity contribution < 1.29 is 9.32 Å². The molecule has 0 bridgehead atoms. The molecule has 110 valence electrons. The van der Waals surface area contributed by atoms with Gasteiger partial charge in [-0.25, -0.2) is 4.98 Å². The van der Waals surface area contributed by atoms with Crippen LogP contribution in [0.15, 0.2) is 59.3 Å². The lowest BCUT2D eigenvalue weighted by Crippen LogP contribution is -2.23. The highest BCUT2D eigenvalue weighted by atomic mass is 35.5. The molecule has 0 fully saturated rings. The molecule has 0 saturated carbocycles. The predicted molar refractivity (Wildman–Crippen MR) is 82.4 cm³/mol. The predicted octanol–water partition coefficient (Wildman–Crippen LogP) is 3.32. The van der Waals surface area contributed by atoms with Crippen molar-refractivity contribution in [3.8, 4) is 11.3 Å². The van der Waals surface area contributed by atoms with E-state index >= 15 is 0 Å². The second-order valence-corrected chi connectivity index (χ2v) is 4.93. The first-order valence-corrected chi connectivity index (χ1v) is 7.01. The van der Waals surface area contributed by atoms with E-state index in [1.54, 1.807) is 18.2 Å². The Bertz CT molecular complexity index is 787. The first-order chi connectivity index (χ1) is 10.7. The highest BCUT2D eigenvalue weighted by Crippen LogP contribution is 2.18. The molecule has 0 unspecified atom stereocenters. The van der Waals surface area contributed by atoms with Crippen LogP contribution in [-0.2, 0) is 6.54 Å². The molecule has 1 amide bonds. The summed E-state index contributed by atoms with van der Waals surface area (Å²) < 4.78 is 5.22. The Hall–Kier alpha value is -2.66. The molecule has 0 aliphatic heterocycles. The van der Waals surface area contributed by atoms with Crippen molar-refractivity contribution in [3.63, 3.8) is 0 Å². The van der Waals surface area contributed by atoms with E-state index < -0.39 is 0 Å². The maximum absolute atomic E-state index is 12.0. The van der Waals surface area contributed by atoms with Gasteiger partial charge in [0.2, 0.25) is 0 Å². The highest BCUT2D eigenvalue weighted by molar-refractivity contribution is 6.32. The summed E-state index contributed by atoms with van der Waals surface area (Å²) in [7, 11) is 0. The summed E-state index contributed by atoms with van der Waals surface area (Å²) in [6.45, 7) is 0.226. The molecule has 0 radical (unpaired) electrons. The molecule has 2 heterocycles. The number of hydrogen-bond acceptors (Lipinski definition) is 4. The zero-order valence-corrected chi connectivity index (χ0v) is 12.2. The monoisotopic (exact) mass is 313 g/mol. The fourth-order valence-electron chi connectivity index (χ4n) is 1.96. The molecule has 0 aliphatic carbocycles. The molecule has 0 saturated heterocycles. The smallest absolute Gasteiger partial charge is 0.254 e. The highest BCUT2D eigenvalue weighted by Gasteiger charge is 2.12. The van der Waals surface area contributed by atoms with Crippen LogP contribution in [0.4, 0.5) is 0 Å². The van der Waals surface area contributed by atoms with E-state index in [0.29, 0.717) is 11.3 Å². The Morgan fingerprint density at radius 1 is 1.18 bits per heavy atom. The zero-order chi connectivity index (χ0) is 15.4. The van der Waals surface area contributed by atoms with Gasteiger partial charge >= 0.3 is 0 Å². The standard InChI is InChI=1S/C16H12ClN3O2/c17-15-13(7-4-8-18-15)16(21)19-10-12-9-14(20-22-12)11-5-2-1-3-6-11/h1-9H,10H2,(H,19,21). The van der Waals surface area contributed by atoms with Crippen molar-refractivity contribution in [1.82, 2.24) is 15.5 Å². The Kier molecular flexibility index (Phi) is 4.16. The Labute approximate surface area is 131 Å². The van der Waals surface area contributed by atoms with Gasteiger partial charge in [-0.15, -0.1) is 0 Å². The summed E-state index contributed by atoms with van der Waals surface area (Å²) in [5, 5.41) is 6.88. The molecule has 22 heavy (non-hydrogen) atoms. The van der Waals surface area contributed by atoms with Crippen LogP contribution >= 0.6 is 11.6 Å². The summed E-state index contributed by atoms with van der Waals surface area (Å²) in [5.41, 5.74) is 2.01. The maximum Gasteiger partial charge on any atom is 0.254 e. The summed E-state index contributed by atoms with van der Waals surface area (Å²) in [4.78, 5) is 15.9. The van der Waals surface area contributed by atoms with Crippen LogP contribution in [0.3, 0.4) is 0 Å². The van der Waals surface area contributed by atoms with Gasteiger partial charge in [0.1, 0.15) is 10.8 Å². The van der Waals surface area contributed by atoms with E-state index in [2.05, 4.69) is 15.5 Å². The third-order valence-corrected chi connectivity index (χ3v) is 3.36. The lowest BCUT2D eigenvalue weighted by molar-refractivity contribution is 0.0947. The van der Waals surface area contributed by atoms with Gasteiger partial charge in [-0.3, -0.25) is 4.79 Å². The molecular weight excluding hydrogens is 302 g/mol. The molecule has 0 spiro atoms. The largest absolute Gasteiger partial charge is 0.359 e. The van der Waals surface area contributed by atoms with E-state index in [0.717, 1.165) is 11.3 Å². The Morgan fingerprint density at radius 3 is 2.77 bits per heavy atom. The van der Waals surface area contributed by atoms with Crippen LogP contribution in [0, 0.1) is 0 Å². The van der Waals surface area contributed by atoms with E-state index in [4.69, 9.17) is 16.1 Å². The van der Waals surface area contributed by atoms with Crippen LogP contribution in [-0.4, -0.2) is 16.0 Å². The second kappa shape index (κ2) is 6.41. The quantitative estimate of drug-likeness (QED) is 0.750. The van der Waals surface area contributed by atoms with Crippen LogP contribution < -0.4 is 5.32 Å². The van der Waals surface area contributed by atoms with Gasteiger partial charge in [-0.2, -0.15) is 0 Å². The molecule has 0 aliphatic rings. The molecule has 1 N–H and O–H groups in total. The van der Waals surface area contributed by atoms with Gasteiger partial charge in [-0.05, 0) is 12.1 Å². The van der Waals surface area contributed by atoms with Gasteiger partial charge in [0.15, 0.2) is 5.76 Å². The van der Waals surface area contributed by atoms with Crippen molar-refractivity contribution >= 4 is 17.5 Å². The number of hydrogen-bond donors (Lipinski definition) is 1. The molecular formula is C16H12ClN3O2. The lowest BCUT2D eigenvalue weighted by Gasteiger charge is -2.03. The number of carbonyl (C=O) groups excluding carboxylic acids is 1. The number of benzene rings is 1. The van der Waals surface area contributed by atoms with E-state index in [1.807, 2.05) is 30.3 Å². The van der Waals surface area contributed by atoms with Crippen molar-refractivity contribution in [1.29, 1.82) is 0 Å². The van der Waals surface area contributed by atoms with Crippen LogP contribution in [0.2, 0.25) is 5.15 Å². The number of carbonyl (C=O) groups is 1. The van der Waals surface area contributed by atoms with Crippen LogP contribution in [0.25, 0.3) is 11.3 Å². The second-order valence-electron chi connectivity index (χ2n) is 4.57. The van der Waals surface area contributed by atoms with Crippen molar-refractivity contribution in [3.05, 3.63) is 71.2 Å².